The van der Waals surface area contributed by atoms with Crippen molar-refractivity contribution >= 4 is 29.7 Å². The summed E-state index contributed by atoms with van der Waals surface area (Å²) in [5.74, 6) is -0.707. The maximum Gasteiger partial charge on any atom is 0.350 e. The lowest BCUT2D eigenvalue weighted by Crippen LogP contribution is -2.82. The maximum absolute atomic E-state index is 16.0. The number of esters is 4. The molecule has 7 aliphatic carbocycles. The number of hydrogen-bond donors (Lipinski definition) is 3. The molecule has 8 aliphatic rings. The summed E-state index contributed by atoms with van der Waals surface area (Å²) in [6.45, 7) is 26.0. The number of rotatable bonds is 25. The smallest absolute Gasteiger partial charge is 0.350 e. The summed E-state index contributed by atoms with van der Waals surface area (Å²) in [5, 5.41) is 28.7. The van der Waals surface area contributed by atoms with E-state index < -0.39 is 119 Å². The SMILES string of the molecule is CO[C@H]1C(=O)[C@]2(C)[C@@H](OC)C[C@H]3OC[C@@]3(OC(C)=O)[C@H]2[C@H](OC(=O)c2ccccc2)[C@]2(O)C[C@H](OC(=O)[C@H](OC(=O)CCOCCO[C@H]3CC[C@@]4(C)C(=CCC5C4CC[C@@]4(C)C5CC[C@@H]4[C@H](C)CCCC(C)C)C3)[C@@H](NC(O)OC(C)(C)C)c3ccccc3)C(C)=C1C2(C)C. The number of Topliss-reactive ketones (excluding diaryl/α,β-unsaturated/α-hetero) is 1. The average Bonchev–Trinajstić information content (AvgIpc) is 0.942. The molecule has 0 spiro atoms. The molecule has 526 valence electrons. The molecule has 3 N–H and O–H groups in total. The van der Waals surface area contributed by atoms with Crippen LogP contribution in [0.15, 0.2) is 83.5 Å². The van der Waals surface area contributed by atoms with Gasteiger partial charge in [-0.3, -0.25) is 19.7 Å². The van der Waals surface area contributed by atoms with Crippen molar-refractivity contribution in [3.63, 3.8) is 0 Å². The van der Waals surface area contributed by atoms with Crippen molar-refractivity contribution in [2.75, 3.05) is 40.6 Å². The molecular weight excluding hydrogens is 1210 g/mol. The molecule has 1 heterocycles. The van der Waals surface area contributed by atoms with Crippen LogP contribution < -0.4 is 5.32 Å². The van der Waals surface area contributed by atoms with Crippen LogP contribution in [0.4, 0.5) is 0 Å². The lowest BCUT2D eigenvalue weighted by molar-refractivity contribution is -0.347. The predicted octanol–water partition coefficient (Wildman–Crippen LogP) is 12.1. The van der Waals surface area contributed by atoms with E-state index in [1.807, 2.05) is 0 Å². The van der Waals surface area contributed by atoms with Gasteiger partial charge in [0.1, 0.15) is 30.0 Å². The van der Waals surface area contributed by atoms with Crippen LogP contribution in [0.25, 0.3) is 0 Å². The minimum Gasteiger partial charge on any atom is -0.455 e. The van der Waals surface area contributed by atoms with Crippen LogP contribution in [0.5, 0.6) is 0 Å². The Bertz CT molecular complexity index is 3120. The first-order valence-corrected chi connectivity index (χ1v) is 35.4. The first-order chi connectivity index (χ1) is 44.9. The van der Waals surface area contributed by atoms with Gasteiger partial charge in [0.25, 0.3) is 0 Å². The van der Waals surface area contributed by atoms with Crippen molar-refractivity contribution in [1.82, 2.24) is 5.32 Å². The number of ether oxygens (including phenoxy) is 10. The van der Waals surface area contributed by atoms with E-state index in [9.17, 15) is 24.6 Å². The van der Waals surface area contributed by atoms with Crippen LogP contribution in [-0.4, -0.2) is 146 Å². The highest BCUT2D eigenvalue weighted by atomic mass is 16.6. The van der Waals surface area contributed by atoms with E-state index in [-0.39, 0.29) is 55.3 Å². The van der Waals surface area contributed by atoms with Gasteiger partial charge < -0.3 is 57.6 Å². The molecule has 0 aromatic heterocycles. The summed E-state index contributed by atoms with van der Waals surface area (Å²) in [4.78, 5) is 74.1. The van der Waals surface area contributed by atoms with Crippen molar-refractivity contribution in [1.29, 1.82) is 0 Å². The number of methoxy groups -OCH3 is 2. The molecule has 2 bridgehead atoms. The monoisotopic (exact) mass is 1320 g/mol. The van der Waals surface area contributed by atoms with Crippen molar-refractivity contribution in [2.45, 2.75) is 252 Å². The third-order valence-corrected chi connectivity index (χ3v) is 24.7. The van der Waals surface area contributed by atoms with Crippen LogP contribution >= 0.6 is 0 Å². The molecule has 20 atom stereocenters. The second-order valence-corrected chi connectivity index (χ2v) is 32.0. The Labute approximate surface area is 564 Å². The highest BCUT2D eigenvalue weighted by Crippen LogP contribution is 2.69. The van der Waals surface area contributed by atoms with Gasteiger partial charge in [-0.2, -0.15) is 0 Å². The summed E-state index contributed by atoms with van der Waals surface area (Å²) >= 11 is 0. The molecule has 1 aliphatic heterocycles. The second-order valence-electron chi connectivity index (χ2n) is 32.0. The van der Waals surface area contributed by atoms with Crippen LogP contribution in [-0.2, 0) is 66.5 Å². The number of carbonyl (C=O) groups is 5. The summed E-state index contributed by atoms with van der Waals surface area (Å²) in [5.41, 5.74) is -4.73. The lowest BCUT2D eigenvalue weighted by atomic mass is 9.44. The van der Waals surface area contributed by atoms with Crippen LogP contribution in [0, 0.1) is 63.1 Å². The fraction of sp³-hybridized carbons (Fsp3) is 0.727. The Kier molecular flexibility index (Phi) is 22.0. The van der Waals surface area contributed by atoms with Gasteiger partial charge in [0.15, 0.2) is 11.4 Å². The van der Waals surface area contributed by atoms with Gasteiger partial charge in [-0.1, -0.05) is 128 Å². The molecule has 1 saturated heterocycles. The second kappa shape index (κ2) is 28.8. The number of hydrogen-bond acceptors (Lipinski definition) is 18. The molecule has 0 amide bonds. The third-order valence-electron chi connectivity index (χ3n) is 24.7. The largest absolute Gasteiger partial charge is 0.455 e. The first kappa shape index (κ1) is 72.8. The fourth-order valence-corrected chi connectivity index (χ4v) is 19.8. The number of nitrogens with one attached hydrogen (secondary N) is 1. The molecule has 18 heteroatoms. The van der Waals surface area contributed by atoms with E-state index in [1.54, 1.807) is 115 Å². The minimum atomic E-state index is -2.29. The molecule has 5 saturated carbocycles. The Morgan fingerprint density at radius 1 is 0.842 bits per heavy atom. The highest BCUT2D eigenvalue weighted by Gasteiger charge is 2.78. The number of allylic oxidation sites excluding steroid dienone is 1. The molecule has 0 radical (unpaired) electrons. The lowest BCUT2D eigenvalue weighted by Gasteiger charge is -2.67. The zero-order valence-electron chi connectivity index (χ0n) is 59.3. The van der Waals surface area contributed by atoms with Crippen LogP contribution in [0.3, 0.4) is 0 Å². The molecule has 2 aromatic rings. The van der Waals surface area contributed by atoms with E-state index in [0.717, 1.165) is 48.9 Å². The summed E-state index contributed by atoms with van der Waals surface area (Å²) in [6.07, 6.45) is 5.72. The molecule has 18 nitrogen and oxygen atoms in total. The molecule has 10 rings (SSSR count). The van der Waals surface area contributed by atoms with E-state index in [2.05, 4.69) is 46.0 Å². The van der Waals surface area contributed by atoms with Gasteiger partial charge in [0.05, 0.1) is 73.6 Å². The van der Waals surface area contributed by atoms with Crippen molar-refractivity contribution in [3.8, 4) is 0 Å². The standard InChI is InChI=1S/C77H111NO17/c1-45(2)23-22-24-46(3)54-31-32-55-53-30-29-51-41-52(33-36-73(51,11)56(53)34-37-74(54,55)12)89-40-39-88-38-35-60(80)92-64(62(49-25-18-16-19-26-49)78-70(84)95-71(6,7)8)69(83)91-57-43-77(85)67(93-68(82)50-27-20-17-21-28-50)65-75(13,66(81)63(87-15)61(47(57)4)72(77,9)10)58(86-14)42-59-76(65,44-90-59)94-48(5)79/h16-21,25-29,45-46,52-59,62-65,67,70,78,84-85H,22-24,30-44H2,1-15H3/t46-,52+,53?,54-,55?,56?,57+,58+,59-,62+,63-,64-,65+,67+,70?,73+,74-,75-,76+,77-/m1/s1. The quantitative estimate of drug-likeness (QED) is 0.0276. The zero-order valence-corrected chi connectivity index (χ0v) is 59.3. The molecular formula is C77H111NO17. The van der Waals surface area contributed by atoms with E-state index in [4.69, 9.17) is 47.4 Å². The number of aliphatic hydroxyl groups excluding tert-OH is 1. The van der Waals surface area contributed by atoms with Crippen molar-refractivity contribution in [2.24, 2.45) is 63.1 Å². The van der Waals surface area contributed by atoms with Crippen LogP contribution in [0.1, 0.15) is 202 Å². The Morgan fingerprint density at radius 2 is 1.55 bits per heavy atom. The normalized spacial score (nSPS) is 36.0. The van der Waals surface area contributed by atoms with Crippen molar-refractivity contribution in [3.05, 3.63) is 94.6 Å². The van der Waals surface area contributed by atoms with E-state index >= 15 is 9.59 Å². The first-order valence-electron chi connectivity index (χ1n) is 35.4. The fourth-order valence-electron chi connectivity index (χ4n) is 19.8. The van der Waals surface area contributed by atoms with Crippen molar-refractivity contribution < 1.29 is 81.6 Å². The topological polar surface area (TPSA) is 230 Å². The zero-order chi connectivity index (χ0) is 68.8. The maximum atomic E-state index is 16.0. The summed E-state index contributed by atoms with van der Waals surface area (Å²) in [6, 6.07) is 15.5. The Hall–Kier alpha value is -4.89. The molecule has 2 aromatic carbocycles. The van der Waals surface area contributed by atoms with Crippen LogP contribution in [0.2, 0.25) is 0 Å². The highest BCUT2D eigenvalue weighted by molar-refractivity contribution is 5.94. The summed E-state index contributed by atoms with van der Waals surface area (Å²) < 4.78 is 62.9. The molecule has 95 heavy (non-hydrogen) atoms. The van der Waals surface area contributed by atoms with Gasteiger partial charge in [0, 0.05) is 39.4 Å². The van der Waals surface area contributed by atoms with Gasteiger partial charge in [-0.15, -0.1) is 0 Å². The summed E-state index contributed by atoms with van der Waals surface area (Å²) in [7, 11) is 2.82. The molecule has 6 fully saturated rings. The van der Waals surface area contributed by atoms with Gasteiger partial charge in [-0.05, 0) is 161 Å². The number of benzene rings is 2. The Balaban J connectivity index is 0.871. The Morgan fingerprint density at radius 3 is 2.19 bits per heavy atom. The third kappa shape index (κ3) is 14.0. The number of carbonyl (C=O) groups excluding carboxylic acids is 5. The van der Waals surface area contributed by atoms with Gasteiger partial charge in [-0.25, -0.2) is 9.59 Å². The molecule has 4 unspecified atom stereocenters. The van der Waals surface area contributed by atoms with Gasteiger partial charge >= 0.3 is 23.9 Å². The number of fused-ring (bicyclic) bond motifs is 10. The average molecular weight is 1320 g/mol. The minimum absolute atomic E-state index is 0.0615. The number of ketones is 1. The van der Waals surface area contributed by atoms with Gasteiger partial charge in [0.2, 0.25) is 12.5 Å². The number of aliphatic hydroxyl groups is 2. The van der Waals surface area contributed by atoms with E-state index in [0.29, 0.717) is 29.1 Å². The van der Waals surface area contributed by atoms with E-state index in [1.165, 1.54) is 72.5 Å². The predicted molar refractivity (Wildman–Crippen MR) is 356 cm³/mol.